The summed E-state index contributed by atoms with van der Waals surface area (Å²) in [6.45, 7) is 0. The minimum atomic E-state index is -1.48. The van der Waals surface area contributed by atoms with Crippen LogP contribution in [0.5, 0.6) is 0 Å². The molecule has 4 aromatic rings. The van der Waals surface area contributed by atoms with Gasteiger partial charge in [0.15, 0.2) is 5.69 Å². The summed E-state index contributed by atoms with van der Waals surface area (Å²) in [5.41, 5.74) is 5.77. The molecule has 0 aliphatic carbocycles. The number of nitrogens with zero attached hydrogens (tertiary/aromatic N) is 2. The third kappa shape index (κ3) is 2.43. The van der Waals surface area contributed by atoms with Crippen molar-refractivity contribution in [3.05, 3.63) is 127 Å². The minimum absolute atomic E-state index is 1.05. The highest BCUT2D eigenvalue weighted by atomic mass is 15.1. The third-order valence-corrected chi connectivity index (χ3v) is 5.43. The number of hydrogen-bond donors (Lipinski definition) is 0. The van der Waals surface area contributed by atoms with Crippen molar-refractivity contribution >= 4 is 23.1 Å². The quantitative estimate of drug-likeness (QED) is 0.507. The van der Waals surface area contributed by atoms with Gasteiger partial charge in [-0.25, -0.2) is 0 Å². The Morgan fingerprint density at radius 3 is 1.67 bits per heavy atom. The fraction of sp³-hybridized carbons (Fsp3) is 0. The van der Waals surface area contributed by atoms with Crippen molar-refractivity contribution in [2.75, 3.05) is 0 Å². The maximum atomic E-state index is 5.44. The smallest absolute Gasteiger partial charge is 0.414 e. The van der Waals surface area contributed by atoms with Crippen LogP contribution in [0.25, 0.3) is 0 Å². The van der Waals surface area contributed by atoms with E-state index in [1.54, 1.807) is 0 Å². The first-order valence-corrected chi connectivity index (χ1v) is 9.32. The highest BCUT2D eigenvalue weighted by Crippen LogP contribution is 2.19. The van der Waals surface area contributed by atoms with Gasteiger partial charge in [-0.1, -0.05) is 97.1 Å². The highest BCUT2D eigenvalue weighted by Gasteiger charge is 2.47. The summed E-state index contributed by atoms with van der Waals surface area (Å²) < 4.78 is 2.35. The summed E-state index contributed by atoms with van der Waals surface area (Å²) in [6.07, 6.45) is 0.682. The van der Waals surface area contributed by atoms with E-state index < -0.39 is 6.42 Å². The van der Waals surface area contributed by atoms with Crippen molar-refractivity contribution in [1.82, 2.24) is 0 Å². The standard InChI is InChI=1S/C24H19BN2/c1-4-12-20(13-5-1)24-23-18-10-11-19-27(23)25(26-24,21-14-6-2-7-15-21)22-16-8-3-9-17-22/h1-19H. The molecule has 0 atom stereocenters. The van der Waals surface area contributed by atoms with E-state index in [4.69, 9.17) is 4.90 Å². The average Bonchev–Trinajstić information content (AvgIpc) is 3.12. The molecule has 0 N–H and O–H groups in total. The second kappa shape index (κ2) is 6.37. The zero-order chi connectivity index (χ0) is 18.1. The maximum absolute atomic E-state index is 5.44. The van der Waals surface area contributed by atoms with Crippen LogP contribution in [0.3, 0.4) is 0 Å². The van der Waals surface area contributed by atoms with Gasteiger partial charge in [0.2, 0.25) is 0 Å². The molecule has 3 heteroatoms. The Morgan fingerprint density at radius 2 is 1.07 bits per heavy atom. The minimum Gasteiger partial charge on any atom is -0.414 e. The first-order chi connectivity index (χ1) is 13.4. The Labute approximate surface area is 159 Å². The van der Waals surface area contributed by atoms with Crippen LogP contribution in [0.1, 0.15) is 11.3 Å². The van der Waals surface area contributed by atoms with Crippen LogP contribution in [0.2, 0.25) is 0 Å². The van der Waals surface area contributed by atoms with Gasteiger partial charge in [-0.3, -0.25) is 0 Å². The Balaban J connectivity index is 1.87. The van der Waals surface area contributed by atoms with Gasteiger partial charge in [0.05, 0.1) is 5.71 Å². The van der Waals surface area contributed by atoms with Crippen LogP contribution >= 0.6 is 0 Å². The predicted octanol–water partition coefficient (Wildman–Crippen LogP) is 2.93. The number of hydrogen-bond acceptors (Lipinski definition) is 1. The fourth-order valence-electron chi connectivity index (χ4n) is 4.22. The molecule has 0 spiro atoms. The van der Waals surface area contributed by atoms with E-state index in [0.29, 0.717) is 0 Å². The van der Waals surface area contributed by atoms with E-state index >= 15 is 0 Å². The van der Waals surface area contributed by atoms with Crippen LogP contribution in [0.4, 0.5) is 0 Å². The van der Waals surface area contributed by atoms with Crippen LogP contribution < -0.4 is 15.4 Å². The number of aromatic nitrogens is 1. The normalized spacial score (nSPS) is 14.4. The number of rotatable bonds is 3. The van der Waals surface area contributed by atoms with Gasteiger partial charge in [-0.15, -0.1) is 10.9 Å². The third-order valence-electron chi connectivity index (χ3n) is 5.43. The molecule has 5 rings (SSSR count). The van der Waals surface area contributed by atoms with Gasteiger partial charge in [-0.2, -0.15) is 0 Å². The number of pyridine rings is 1. The molecule has 0 radical (unpaired) electrons. The SMILES string of the molecule is c1ccc(C2=N[B-](c3ccccc3)(c3ccccc3)[n+]3ccccc32)cc1. The van der Waals surface area contributed by atoms with E-state index in [0.717, 1.165) is 17.0 Å². The molecule has 0 bridgehead atoms. The summed E-state index contributed by atoms with van der Waals surface area (Å²) in [5.74, 6) is 0. The summed E-state index contributed by atoms with van der Waals surface area (Å²) in [6, 6.07) is 38.1. The van der Waals surface area contributed by atoms with Crippen LogP contribution in [0, 0.1) is 0 Å². The molecule has 3 aromatic carbocycles. The molecular weight excluding hydrogens is 327 g/mol. The second-order valence-corrected chi connectivity index (χ2v) is 6.93. The second-order valence-electron chi connectivity index (χ2n) is 6.93. The van der Waals surface area contributed by atoms with Crippen molar-refractivity contribution in [1.29, 1.82) is 0 Å². The zero-order valence-corrected chi connectivity index (χ0v) is 14.9. The number of fused-ring (bicyclic) bond motifs is 1. The average molecular weight is 346 g/mol. The molecule has 2 heterocycles. The van der Waals surface area contributed by atoms with Crippen LogP contribution in [-0.4, -0.2) is 12.1 Å². The fourth-order valence-corrected chi connectivity index (χ4v) is 4.22. The van der Waals surface area contributed by atoms with E-state index in [1.807, 2.05) is 6.07 Å². The lowest BCUT2D eigenvalue weighted by molar-refractivity contribution is -0.540. The van der Waals surface area contributed by atoms with Crippen molar-refractivity contribution in [3.8, 4) is 0 Å². The van der Waals surface area contributed by atoms with Crippen molar-refractivity contribution in [3.63, 3.8) is 0 Å². The summed E-state index contributed by atoms with van der Waals surface area (Å²) in [5, 5.41) is 0. The van der Waals surface area contributed by atoms with E-state index in [9.17, 15) is 0 Å². The topological polar surface area (TPSA) is 16.2 Å². The molecule has 27 heavy (non-hydrogen) atoms. The van der Waals surface area contributed by atoms with Gasteiger partial charge < -0.3 is 9.38 Å². The van der Waals surface area contributed by atoms with Crippen molar-refractivity contribution in [2.24, 2.45) is 4.90 Å². The largest absolute Gasteiger partial charge is 0.445 e. The summed E-state index contributed by atoms with van der Waals surface area (Å²) in [4.78, 5) is 5.44. The van der Waals surface area contributed by atoms with E-state index in [2.05, 4.69) is 114 Å². The molecule has 128 valence electrons. The molecule has 1 aliphatic heterocycles. The molecule has 0 saturated heterocycles. The molecule has 2 nitrogen and oxygen atoms in total. The summed E-state index contributed by atoms with van der Waals surface area (Å²) in [7, 11) is 0. The molecule has 1 aliphatic rings. The Morgan fingerprint density at radius 1 is 0.556 bits per heavy atom. The van der Waals surface area contributed by atoms with Crippen molar-refractivity contribution in [2.45, 2.75) is 0 Å². The lowest BCUT2D eigenvalue weighted by Crippen LogP contribution is -2.76. The molecule has 0 fully saturated rings. The van der Waals surface area contributed by atoms with E-state index in [1.165, 1.54) is 10.9 Å². The van der Waals surface area contributed by atoms with Crippen LogP contribution in [0.15, 0.2) is 120 Å². The van der Waals surface area contributed by atoms with Crippen LogP contribution in [-0.2, 0) is 0 Å². The lowest BCUT2D eigenvalue weighted by Gasteiger charge is -2.29. The molecular formula is C24H19BN2. The highest BCUT2D eigenvalue weighted by molar-refractivity contribution is 6.96. The van der Waals surface area contributed by atoms with Gasteiger partial charge in [-0.05, 0) is 6.07 Å². The maximum Gasteiger partial charge on any atom is 0.445 e. The van der Waals surface area contributed by atoms with Gasteiger partial charge in [0.25, 0.3) is 0 Å². The monoisotopic (exact) mass is 346 g/mol. The predicted molar refractivity (Wildman–Crippen MR) is 112 cm³/mol. The summed E-state index contributed by atoms with van der Waals surface area (Å²) >= 11 is 0. The van der Waals surface area contributed by atoms with Gasteiger partial charge >= 0.3 is 6.42 Å². The molecule has 1 aromatic heterocycles. The Hall–Kier alpha value is -3.46. The zero-order valence-electron chi connectivity index (χ0n) is 14.9. The molecule has 0 amide bonds. The number of benzene rings is 3. The Kier molecular flexibility index (Phi) is 3.72. The lowest BCUT2D eigenvalue weighted by atomic mass is 9.38. The first kappa shape index (κ1) is 15.8. The van der Waals surface area contributed by atoms with E-state index in [-0.39, 0.29) is 0 Å². The molecule has 0 saturated carbocycles. The van der Waals surface area contributed by atoms with Gasteiger partial charge in [0, 0.05) is 11.6 Å². The van der Waals surface area contributed by atoms with Crippen molar-refractivity contribution < 1.29 is 4.48 Å². The van der Waals surface area contributed by atoms with Gasteiger partial charge in [0.1, 0.15) is 6.20 Å². The first-order valence-electron chi connectivity index (χ1n) is 9.32. The Bertz CT molecular complexity index is 1070. The molecule has 0 unspecified atom stereocenters.